The number of nitrogens with one attached hydrogen (secondary N) is 1. The second-order valence-electron chi connectivity index (χ2n) is 3.15. The van der Waals surface area contributed by atoms with Gasteiger partial charge in [0.1, 0.15) is 6.04 Å². The maximum absolute atomic E-state index is 8.95. The first-order chi connectivity index (χ1) is 7.27. The molecule has 0 aliphatic heterocycles. The maximum atomic E-state index is 8.95. The zero-order chi connectivity index (χ0) is 11.1. The van der Waals surface area contributed by atoms with Gasteiger partial charge in [-0.05, 0) is 30.7 Å². The minimum absolute atomic E-state index is 0.126. The second-order valence-corrected chi connectivity index (χ2v) is 3.58. The highest BCUT2D eigenvalue weighted by Crippen LogP contribution is 2.17. The fourth-order valence-electron chi connectivity index (χ4n) is 1.25. The zero-order valence-electron chi connectivity index (χ0n) is 8.28. The molecule has 2 N–H and O–H groups in total. The van der Waals surface area contributed by atoms with Gasteiger partial charge in [-0.25, -0.2) is 0 Å². The Bertz CT molecular complexity index is 349. The minimum Gasteiger partial charge on any atom is -0.396 e. The molecule has 0 aliphatic carbocycles. The van der Waals surface area contributed by atoms with E-state index in [0.29, 0.717) is 18.0 Å². The molecule has 1 aromatic rings. The summed E-state index contributed by atoms with van der Waals surface area (Å²) in [6, 6.07) is 8.99. The SMILES string of the molecule is N#CC(NCCCO)c1cccc(Cl)c1. The lowest BCUT2D eigenvalue weighted by Gasteiger charge is -2.11. The average Bonchev–Trinajstić information content (AvgIpc) is 2.24. The van der Waals surface area contributed by atoms with E-state index in [2.05, 4.69) is 11.4 Å². The molecule has 0 bridgehead atoms. The lowest BCUT2D eigenvalue weighted by atomic mass is 10.1. The summed E-state index contributed by atoms with van der Waals surface area (Å²) in [5, 5.41) is 21.2. The van der Waals surface area contributed by atoms with Gasteiger partial charge >= 0.3 is 0 Å². The van der Waals surface area contributed by atoms with Gasteiger partial charge in [-0.3, -0.25) is 5.32 Å². The Morgan fingerprint density at radius 2 is 2.33 bits per heavy atom. The highest BCUT2D eigenvalue weighted by atomic mass is 35.5. The number of aliphatic hydroxyl groups is 1. The standard InChI is InChI=1S/C11H13ClN2O/c12-10-4-1-3-9(7-10)11(8-13)14-5-2-6-15/h1,3-4,7,11,14-15H,2,5-6H2. The molecule has 4 heteroatoms. The van der Waals surface area contributed by atoms with E-state index >= 15 is 0 Å². The molecule has 1 aromatic carbocycles. The monoisotopic (exact) mass is 224 g/mol. The Kier molecular flexibility index (Phi) is 5.13. The predicted molar refractivity (Wildman–Crippen MR) is 59.5 cm³/mol. The quantitative estimate of drug-likeness (QED) is 0.751. The van der Waals surface area contributed by atoms with Crippen molar-refractivity contribution in [1.29, 1.82) is 5.26 Å². The van der Waals surface area contributed by atoms with Crippen LogP contribution in [-0.4, -0.2) is 18.3 Å². The van der Waals surface area contributed by atoms with Crippen molar-refractivity contribution >= 4 is 11.6 Å². The van der Waals surface area contributed by atoms with Crippen molar-refractivity contribution in [2.75, 3.05) is 13.2 Å². The molecule has 0 aliphatic rings. The van der Waals surface area contributed by atoms with Gasteiger partial charge < -0.3 is 5.11 Å². The first kappa shape index (κ1) is 12.0. The number of nitriles is 1. The average molecular weight is 225 g/mol. The maximum Gasteiger partial charge on any atom is 0.121 e. The van der Waals surface area contributed by atoms with Crippen LogP contribution in [0.25, 0.3) is 0 Å². The van der Waals surface area contributed by atoms with Gasteiger partial charge in [0.15, 0.2) is 0 Å². The molecule has 0 heterocycles. The summed E-state index contributed by atoms with van der Waals surface area (Å²) in [7, 11) is 0. The van der Waals surface area contributed by atoms with Gasteiger partial charge in [-0.1, -0.05) is 23.7 Å². The number of halogens is 1. The largest absolute Gasteiger partial charge is 0.396 e. The molecule has 0 saturated carbocycles. The summed E-state index contributed by atoms with van der Waals surface area (Å²) < 4.78 is 0. The lowest BCUT2D eigenvalue weighted by Crippen LogP contribution is -2.21. The van der Waals surface area contributed by atoms with Gasteiger partial charge in [0, 0.05) is 11.6 Å². The van der Waals surface area contributed by atoms with E-state index in [9.17, 15) is 0 Å². The van der Waals surface area contributed by atoms with Crippen LogP contribution in [0, 0.1) is 11.3 Å². The molecule has 80 valence electrons. The predicted octanol–water partition coefficient (Wildman–Crippen LogP) is 1.88. The normalized spacial score (nSPS) is 12.1. The van der Waals surface area contributed by atoms with Crippen LogP contribution in [-0.2, 0) is 0 Å². The number of hydrogen-bond acceptors (Lipinski definition) is 3. The summed E-state index contributed by atoms with van der Waals surface area (Å²) >= 11 is 5.83. The van der Waals surface area contributed by atoms with Crippen molar-refractivity contribution in [1.82, 2.24) is 5.32 Å². The highest BCUT2D eigenvalue weighted by molar-refractivity contribution is 6.30. The Balaban J connectivity index is 2.63. The molecule has 1 unspecified atom stereocenters. The Morgan fingerprint density at radius 1 is 1.53 bits per heavy atom. The Morgan fingerprint density at radius 3 is 2.93 bits per heavy atom. The smallest absolute Gasteiger partial charge is 0.121 e. The lowest BCUT2D eigenvalue weighted by molar-refractivity contribution is 0.285. The van der Waals surface area contributed by atoms with Gasteiger partial charge in [0.25, 0.3) is 0 Å². The van der Waals surface area contributed by atoms with Crippen molar-refractivity contribution in [2.45, 2.75) is 12.5 Å². The van der Waals surface area contributed by atoms with Crippen LogP contribution in [0.2, 0.25) is 5.02 Å². The van der Waals surface area contributed by atoms with E-state index in [1.807, 2.05) is 12.1 Å². The van der Waals surface area contributed by atoms with Crippen LogP contribution >= 0.6 is 11.6 Å². The first-order valence-corrected chi connectivity index (χ1v) is 5.15. The minimum atomic E-state index is -0.366. The summed E-state index contributed by atoms with van der Waals surface area (Å²) in [5.74, 6) is 0. The van der Waals surface area contributed by atoms with Gasteiger partial charge in [0.05, 0.1) is 6.07 Å². The Labute approximate surface area is 94.3 Å². The molecule has 0 spiro atoms. The number of hydrogen-bond donors (Lipinski definition) is 2. The molecule has 3 nitrogen and oxygen atoms in total. The van der Waals surface area contributed by atoms with Crippen LogP contribution in [0.4, 0.5) is 0 Å². The summed E-state index contributed by atoms with van der Waals surface area (Å²) in [6.45, 7) is 0.738. The summed E-state index contributed by atoms with van der Waals surface area (Å²) in [4.78, 5) is 0. The van der Waals surface area contributed by atoms with Gasteiger partial charge in [-0.15, -0.1) is 0 Å². The first-order valence-electron chi connectivity index (χ1n) is 4.77. The third-order valence-electron chi connectivity index (χ3n) is 1.99. The third-order valence-corrected chi connectivity index (χ3v) is 2.23. The topological polar surface area (TPSA) is 56.0 Å². The van der Waals surface area contributed by atoms with Crippen molar-refractivity contribution in [3.8, 4) is 6.07 Å². The van der Waals surface area contributed by atoms with Crippen molar-refractivity contribution in [3.05, 3.63) is 34.9 Å². The molecule has 0 saturated heterocycles. The van der Waals surface area contributed by atoms with Crippen molar-refractivity contribution in [2.24, 2.45) is 0 Å². The Hall–Kier alpha value is -1.08. The molecule has 0 fully saturated rings. The molecule has 1 rings (SSSR count). The molecule has 0 aromatic heterocycles. The third kappa shape index (κ3) is 3.88. The summed E-state index contributed by atoms with van der Waals surface area (Å²) in [6.07, 6.45) is 0.638. The van der Waals surface area contributed by atoms with E-state index < -0.39 is 0 Å². The molecule has 15 heavy (non-hydrogen) atoms. The molecule has 1 atom stereocenters. The molecule has 0 radical (unpaired) electrons. The van der Waals surface area contributed by atoms with Crippen LogP contribution in [0.15, 0.2) is 24.3 Å². The van der Waals surface area contributed by atoms with E-state index in [0.717, 1.165) is 5.56 Å². The highest BCUT2D eigenvalue weighted by Gasteiger charge is 2.08. The summed E-state index contributed by atoms with van der Waals surface area (Å²) in [5.41, 5.74) is 0.850. The number of nitrogens with zero attached hydrogens (tertiary/aromatic N) is 1. The molecular weight excluding hydrogens is 212 g/mol. The van der Waals surface area contributed by atoms with Crippen LogP contribution < -0.4 is 5.32 Å². The van der Waals surface area contributed by atoms with Gasteiger partial charge in [-0.2, -0.15) is 5.26 Å². The van der Waals surface area contributed by atoms with Crippen molar-refractivity contribution in [3.63, 3.8) is 0 Å². The van der Waals surface area contributed by atoms with Crippen LogP contribution in [0.3, 0.4) is 0 Å². The number of aliphatic hydroxyl groups excluding tert-OH is 1. The van der Waals surface area contributed by atoms with Crippen LogP contribution in [0.1, 0.15) is 18.0 Å². The zero-order valence-corrected chi connectivity index (χ0v) is 9.04. The van der Waals surface area contributed by atoms with E-state index in [-0.39, 0.29) is 12.6 Å². The second kappa shape index (κ2) is 6.41. The number of benzene rings is 1. The van der Waals surface area contributed by atoms with E-state index in [1.165, 1.54) is 0 Å². The van der Waals surface area contributed by atoms with E-state index in [4.69, 9.17) is 22.0 Å². The fourth-order valence-corrected chi connectivity index (χ4v) is 1.45. The van der Waals surface area contributed by atoms with Crippen LogP contribution in [0.5, 0.6) is 0 Å². The fraction of sp³-hybridized carbons (Fsp3) is 0.364. The van der Waals surface area contributed by atoms with Crippen molar-refractivity contribution < 1.29 is 5.11 Å². The van der Waals surface area contributed by atoms with Gasteiger partial charge in [0.2, 0.25) is 0 Å². The molecule has 0 amide bonds. The molecular formula is C11H13ClN2O. The van der Waals surface area contributed by atoms with E-state index in [1.54, 1.807) is 12.1 Å². The number of rotatable bonds is 5.